The van der Waals surface area contributed by atoms with E-state index >= 15 is 0 Å². The van der Waals surface area contributed by atoms with Crippen molar-refractivity contribution in [3.8, 4) is 0 Å². The summed E-state index contributed by atoms with van der Waals surface area (Å²) in [7, 11) is 0. The van der Waals surface area contributed by atoms with E-state index in [-0.39, 0.29) is 68.5 Å². The molecule has 5 aromatic rings. The van der Waals surface area contributed by atoms with E-state index in [0.717, 1.165) is 37.6 Å². The molecule has 0 radical (unpaired) electrons. The summed E-state index contributed by atoms with van der Waals surface area (Å²) in [5.41, 5.74) is 4.99. The molecule has 4 heterocycles. The average Bonchev–Trinajstić information content (AvgIpc) is 3.74. The normalized spacial score (nSPS) is 26.4. The van der Waals surface area contributed by atoms with Crippen molar-refractivity contribution in [2.75, 3.05) is 13.2 Å². The number of aliphatic hydroxyl groups is 1. The lowest BCUT2D eigenvalue weighted by atomic mass is 9.92. The first kappa shape index (κ1) is 52.4. The predicted octanol–water partition coefficient (Wildman–Crippen LogP) is 7.15. The Kier molecular flexibility index (Phi) is 17.2. The van der Waals surface area contributed by atoms with Crippen molar-refractivity contribution in [2.24, 2.45) is 0 Å². The minimum Gasteiger partial charge on any atom is -0.388 e. The third kappa shape index (κ3) is 11.7. The van der Waals surface area contributed by atoms with Crippen molar-refractivity contribution in [1.29, 1.82) is 0 Å². The van der Waals surface area contributed by atoms with Crippen molar-refractivity contribution in [1.82, 2.24) is 9.80 Å². The molecule has 0 aliphatic carbocycles. The first-order valence-corrected chi connectivity index (χ1v) is 24.9. The van der Waals surface area contributed by atoms with E-state index in [9.17, 15) is 24.3 Å². The summed E-state index contributed by atoms with van der Waals surface area (Å²) in [6, 6.07) is 44.4. The largest absolute Gasteiger partial charge is 0.388 e. The van der Waals surface area contributed by atoms with Gasteiger partial charge in [0.1, 0.15) is 48.7 Å². The molecule has 2 fully saturated rings. The summed E-state index contributed by atoms with van der Waals surface area (Å²) in [6.07, 6.45) is -10.5. The molecule has 74 heavy (non-hydrogen) atoms. The van der Waals surface area contributed by atoms with E-state index < -0.39 is 84.9 Å². The monoisotopic (exact) mass is 1010 g/mol. The van der Waals surface area contributed by atoms with Gasteiger partial charge in [0.15, 0.2) is 12.6 Å². The van der Waals surface area contributed by atoms with E-state index in [0.29, 0.717) is 0 Å². The third-order valence-electron chi connectivity index (χ3n) is 14.0. The quantitative estimate of drug-likeness (QED) is 0.0737. The first-order valence-electron chi connectivity index (χ1n) is 24.9. The van der Waals surface area contributed by atoms with Crippen LogP contribution in [0.15, 0.2) is 174 Å². The Labute approximate surface area is 431 Å². The van der Waals surface area contributed by atoms with E-state index in [1.165, 1.54) is 0 Å². The predicted molar refractivity (Wildman–Crippen MR) is 270 cm³/mol. The van der Waals surface area contributed by atoms with Crippen LogP contribution in [0, 0.1) is 0 Å². The Hall–Kier alpha value is -6.50. The van der Waals surface area contributed by atoms with Crippen LogP contribution >= 0.6 is 0 Å². The minimum absolute atomic E-state index is 0.0235. The molecule has 10 atom stereocenters. The number of nitrogens with zero attached hydrogens (tertiary/aromatic N) is 2. The molecule has 2 saturated heterocycles. The van der Waals surface area contributed by atoms with Crippen LogP contribution in [0.5, 0.6) is 0 Å². The molecule has 0 saturated carbocycles. The number of ether oxygens (including phenoxy) is 8. The Morgan fingerprint density at radius 1 is 0.405 bits per heavy atom. The Balaban J connectivity index is 1.16. The lowest BCUT2D eigenvalue weighted by Crippen LogP contribution is -2.71. The van der Waals surface area contributed by atoms with E-state index in [4.69, 9.17) is 37.9 Å². The summed E-state index contributed by atoms with van der Waals surface area (Å²) in [4.78, 5) is 60.1. The highest BCUT2D eigenvalue weighted by molar-refractivity contribution is 6.19. The first-order chi connectivity index (χ1) is 36.0. The molecular formula is C59H62N2O13. The topological polar surface area (TPSA) is 169 Å². The summed E-state index contributed by atoms with van der Waals surface area (Å²) < 4.78 is 54.1. The van der Waals surface area contributed by atoms with Crippen molar-refractivity contribution in [3.05, 3.63) is 202 Å². The number of aliphatic hydroxyl groups excluding tert-OH is 1. The maximum Gasteiger partial charge on any atom is 0.257 e. The molecular weight excluding hydrogens is 945 g/mol. The van der Waals surface area contributed by atoms with Crippen LogP contribution in [0.3, 0.4) is 0 Å². The van der Waals surface area contributed by atoms with Crippen LogP contribution in [0.1, 0.15) is 55.5 Å². The van der Waals surface area contributed by atoms with Crippen molar-refractivity contribution in [2.45, 2.75) is 122 Å². The number of carbonyl (C=O) groups is 4. The van der Waals surface area contributed by atoms with Gasteiger partial charge in [0.2, 0.25) is 0 Å². The number of amides is 4. The van der Waals surface area contributed by atoms with Crippen LogP contribution in [0.2, 0.25) is 0 Å². The van der Waals surface area contributed by atoms with Gasteiger partial charge in [-0.05, 0) is 55.5 Å². The van der Waals surface area contributed by atoms with Gasteiger partial charge >= 0.3 is 0 Å². The van der Waals surface area contributed by atoms with Crippen LogP contribution in [-0.4, -0.2) is 113 Å². The van der Waals surface area contributed by atoms with Crippen molar-refractivity contribution in [3.63, 3.8) is 0 Å². The Bertz CT molecular complexity index is 2730. The minimum atomic E-state index is -1.59. The molecule has 4 aliphatic heterocycles. The summed E-state index contributed by atoms with van der Waals surface area (Å²) in [5, 5.41) is 12.5. The maximum atomic E-state index is 14.5. The van der Waals surface area contributed by atoms with Gasteiger partial charge in [-0.25, -0.2) is 0 Å². The molecule has 5 aromatic carbocycles. The number of carbonyl (C=O) groups excluding carboxylic acids is 4. The van der Waals surface area contributed by atoms with E-state index in [1.54, 1.807) is 27.7 Å². The number of rotatable bonds is 21. The smallest absolute Gasteiger partial charge is 0.257 e. The fraction of sp³-hybridized carbons (Fsp3) is 0.356. The maximum absolute atomic E-state index is 14.5. The molecule has 0 unspecified atom stereocenters. The van der Waals surface area contributed by atoms with Gasteiger partial charge in [0, 0.05) is 22.3 Å². The van der Waals surface area contributed by atoms with Gasteiger partial charge < -0.3 is 43.0 Å². The van der Waals surface area contributed by atoms with Crippen LogP contribution < -0.4 is 0 Å². The Morgan fingerprint density at radius 2 is 0.730 bits per heavy atom. The number of hydrogen-bond acceptors (Lipinski definition) is 13. The van der Waals surface area contributed by atoms with Gasteiger partial charge in [0.25, 0.3) is 23.6 Å². The van der Waals surface area contributed by atoms with Crippen molar-refractivity contribution >= 4 is 23.6 Å². The molecule has 4 amide bonds. The molecule has 9 rings (SSSR count). The van der Waals surface area contributed by atoms with Gasteiger partial charge in [-0.2, -0.15) is 0 Å². The second-order valence-corrected chi connectivity index (χ2v) is 18.9. The highest BCUT2D eigenvalue weighted by Crippen LogP contribution is 2.40. The molecule has 4 aliphatic rings. The van der Waals surface area contributed by atoms with Gasteiger partial charge in [-0.1, -0.05) is 152 Å². The molecule has 0 spiro atoms. The average molecular weight is 1010 g/mol. The second kappa shape index (κ2) is 24.2. The molecule has 386 valence electrons. The second-order valence-electron chi connectivity index (χ2n) is 18.9. The molecule has 15 heteroatoms. The highest BCUT2D eigenvalue weighted by Gasteiger charge is 2.59. The zero-order valence-corrected chi connectivity index (χ0v) is 41.9. The SMILES string of the molecule is CC1=C(C)C(=O)N([C@H]2[C@H](O[C@H]3[C@H](OCc4ccccc4)[C@@H](N4C(=O)C(C)=C(C)C4=O)[C@H](OCc4ccccc4)O[C@@H]3COCc3ccccc3)O[C@H](COCc3ccccc3)[C@@H](O)[C@@H]2OCc2ccccc2)C1=O. The molecule has 0 aromatic heterocycles. The van der Waals surface area contributed by atoms with Crippen LogP contribution in [-0.2, 0) is 90.1 Å². The van der Waals surface area contributed by atoms with E-state index in [2.05, 4.69) is 0 Å². The number of hydrogen-bond donors (Lipinski definition) is 1. The van der Waals surface area contributed by atoms with Gasteiger partial charge in [-0.3, -0.25) is 29.0 Å². The van der Waals surface area contributed by atoms with Gasteiger partial charge in [0.05, 0.1) is 46.2 Å². The van der Waals surface area contributed by atoms with Gasteiger partial charge in [-0.15, -0.1) is 0 Å². The highest BCUT2D eigenvalue weighted by atomic mass is 16.7. The third-order valence-corrected chi connectivity index (χ3v) is 14.0. The van der Waals surface area contributed by atoms with Crippen LogP contribution in [0.25, 0.3) is 0 Å². The molecule has 15 nitrogen and oxygen atoms in total. The molecule has 0 bridgehead atoms. The fourth-order valence-electron chi connectivity index (χ4n) is 9.67. The fourth-order valence-corrected chi connectivity index (χ4v) is 9.67. The molecule has 1 N–H and O–H groups in total. The zero-order chi connectivity index (χ0) is 51.7. The van der Waals surface area contributed by atoms with Crippen LogP contribution in [0.4, 0.5) is 0 Å². The number of imide groups is 2. The summed E-state index contributed by atoms with van der Waals surface area (Å²) in [5.74, 6) is -2.37. The Morgan fingerprint density at radius 3 is 1.14 bits per heavy atom. The zero-order valence-electron chi connectivity index (χ0n) is 41.9. The number of benzene rings is 5. The lowest BCUT2D eigenvalue weighted by Gasteiger charge is -2.52. The summed E-state index contributed by atoms with van der Waals surface area (Å²) >= 11 is 0. The standard InChI is InChI=1S/C59H62N2O13/c1-37-38(2)55(64)60(54(37)63)48-52(69-32-43-24-14-7-15-25-43)50(62)46(35-67-30-41-20-10-5-11-21-41)72-59(48)74-51-47(36-68-31-42-22-12-6-13-23-42)73-58(71-34-45-28-18-9-19-29-45)49(61-56(65)39(3)40(4)57(61)66)53(51)70-33-44-26-16-8-17-27-44/h5-29,46-53,58-59,62H,30-36H2,1-4H3/t46-,47-,48-,49-,50-,51-,52-,53-,58-,59+/m1/s1. The lowest BCUT2D eigenvalue weighted by molar-refractivity contribution is -0.351. The van der Waals surface area contributed by atoms with E-state index in [1.807, 2.05) is 152 Å². The summed E-state index contributed by atoms with van der Waals surface area (Å²) in [6.45, 7) is 6.34. The van der Waals surface area contributed by atoms with Crippen molar-refractivity contribution < 1.29 is 62.2 Å².